The van der Waals surface area contributed by atoms with Gasteiger partial charge in [-0.3, -0.25) is 4.79 Å². The Bertz CT molecular complexity index is 805. The topological polar surface area (TPSA) is 82.1 Å². The molecule has 0 spiro atoms. The lowest BCUT2D eigenvalue weighted by Gasteiger charge is -2.40. The van der Waals surface area contributed by atoms with Crippen LogP contribution in [0.4, 0.5) is 17.6 Å². The van der Waals surface area contributed by atoms with Gasteiger partial charge in [0.15, 0.2) is 17.0 Å². The van der Waals surface area contributed by atoms with Gasteiger partial charge in [-0.2, -0.15) is 13.2 Å². The van der Waals surface area contributed by atoms with Gasteiger partial charge < -0.3 is 19.3 Å². The Morgan fingerprint density at radius 3 is 2.10 bits per heavy atom. The zero-order valence-electron chi connectivity index (χ0n) is 17.1. The zero-order chi connectivity index (χ0) is 22.9. The van der Waals surface area contributed by atoms with Crippen LogP contribution in [0.2, 0.25) is 0 Å². The van der Waals surface area contributed by atoms with Crippen LogP contribution < -0.4 is 9.47 Å². The number of esters is 1. The Kier molecular flexibility index (Phi) is 6.58. The highest BCUT2D eigenvalue weighted by Crippen LogP contribution is 2.51. The molecule has 1 aliphatic carbocycles. The molecule has 1 saturated carbocycles. The van der Waals surface area contributed by atoms with Crippen molar-refractivity contribution in [2.45, 2.75) is 64.3 Å². The van der Waals surface area contributed by atoms with Crippen LogP contribution in [-0.2, 0) is 9.53 Å². The molecular formula is C20H24F4O6. The number of carbonyl (C=O) groups excluding carboxylic acids is 1. The van der Waals surface area contributed by atoms with E-state index < -0.39 is 59.6 Å². The number of carboxylic acid groups (broad SMARTS) is 1. The molecule has 1 aliphatic rings. The van der Waals surface area contributed by atoms with Crippen LogP contribution in [0.15, 0.2) is 12.1 Å². The summed E-state index contributed by atoms with van der Waals surface area (Å²) in [5.74, 6) is -4.24. The number of methoxy groups -OCH3 is 1. The van der Waals surface area contributed by atoms with Crippen LogP contribution in [0.5, 0.6) is 11.5 Å². The van der Waals surface area contributed by atoms with Crippen molar-refractivity contribution in [3.8, 4) is 11.5 Å². The number of carboxylic acids is 1. The van der Waals surface area contributed by atoms with Crippen LogP contribution in [0.25, 0.3) is 0 Å². The van der Waals surface area contributed by atoms with Crippen LogP contribution in [0, 0.1) is 11.2 Å². The van der Waals surface area contributed by atoms with Crippen molar-refractivity contribution in [3.05, 3.63) is 23.5 Å². The maximum atomic E-state index is 14.2. The predicted molar refractivity (Wildman–Crippen MR) is 97.1 cm³/mol. The van der Waals surface area contributed by atoms with Gasteiger partial charge in [-0.25, -0.2) is 9.18 Å². The van der Waals surface area contributed by atoms with E-state index in [2.05, 4.69) is 0 Å². The van der Waals surface area contributed by atoms with Crippen molar-refractivity contribution in [1.29, 1.82) is 0 Å². The second kappa shape index (κ2) is 8.31. The molecule has 0 atom stereocenters. The van der Waals surface area contributed by atoms with Gasteiger partial charge in [0, 0.05) is 12.1 Å². The fourth-order valence-corrected chi connectivity index (χ4v) is 3.32. The second-order valence-electron chi connectivity index (χ2n) is 8.19. The molecule has 0 radical (unpaired) electrons. The molecule has 6 nitrogen and oxygen atoms in total. The number of ether oxygens (including phenoxy) is 3. The van der Waals surface area contributed by atoms with Gasteiger partial charge in [0.25, 0.3) is 0 Å². The molecule has 168 valence electrons. The van der Waals surface area contributed by atoms with E-state index in [1.54, 1.807) is 0 Å². The number of rotatable bonds is 5. The molecule has 1 N–H and O–H groups in total. The molecule has 0 aromatic heterocycles. The van der Waals surface area contributed by atoms with E-state index in [1.807, 2.05) is 0 Å². The summed E-state index contributed by atoms with van der Waals surface area (Å²) < 4.78 is 70.9. The second-order valence-corrected chi connectivity index (χ2v) is 8.19. The van der Waals surface area contributed by atoms with Crippen molar-refractivity contribution < 1.29 is 46.5 Å². The normalized spacial score (nSPS) is 22.3. The quantitative estimate of drug-likeness (QED) is 0.530. The van der Waals surface area contributed by atoms with Gasteiger partial charge in [0.2, 0.25) is 0 Å². The van der Waals surface area contributed by atoms with Gasteiger partial charge in [-0.05, 0) is 46.5 Å². The molecule has 1 fully saturated rings. The summed E-state index contributed by atoms with van der Waals surface area (Å²) in [4.78, 5) is 23.7. The van der Waals surface area contributed by atoms with Crippen LogP contribution >= 0.6 is 0 Å². The molecule has 2 rings (SSSR count). The highest BCUT2D eigenvalue weighted by Gasteiger charge is 2.62. The molecule has 10 heteroatoms. The number of aromatic carboxylic acids is 1. The minimum Gasteiger partial charge on any atom is -0.496 e. The number of hydrogen-bond donors (Lipinski definition) is 1. The first-order valence-electron chi connectivity index (χ1n) is 9.28. The molecule has 0 unspecified atom stereocenters. The molecule has 1 aromatic carbocycles. The van der Waals surface area contributed by atoms with Crippen LogP contribution in [0.3, 0.4) is 0 Å². The summed E-state index contributed by atoms with van der Waals surface area (Å²) in [6.07, 6.45) is -7.19. The van der Waals surface area contributed by atoms with E-state index in [0.29, 0.717) is 0 Å². The number of benzene rings is 1. The summed E-state index contributed by atoms with van der Waals surface area (Å²) >= 11 is 0. The first kappa shape index (κ1) is 23.8. The Balaban J connectivity index is 2.20. The number of carbonyl (C=O) groups is 2. The minimum absolute atomic E-state index is 0.188. The van der Waals surface area contributed by atoms with E-state index in [4.69, 9.17) is 14.2 Å². The Labute approximate surface area is 171 Å². The molecule has 30 heavy (non-hydrogen) atoms. The maximum Gasteiger partial charge on any atom is 0.404 e. The van der Waals surface area contributed by atoms with Gasteiger partial charge in [0.05, 0.1) is 13.2 Å². The molecule has 0 amide bonds. The largest absolute Gasteiger partial charge is 0.496 e. The lowest BCUT2D eigenvalue weighted by atomic mass is 9.72. The Morgan fingerprint density at radius 2 is 1.67 bits per heavy atom. The van der Waals surface area contributed by atoms with Crippen molar-refractivity contribution >= 4 is 11.9 Å². The fourth-order valence-electron chi connectivity index (χ4n) is 3.32. The molecular weight excluding hydrogens is 412 g/mol. The number of hydrogen-bond acceptors (Lipinski definition) is 5. The molecule has 1 aromatic rings. The zero-order valence-corrected chi connectivity index (χ0v) is 17.1. The number of alkyl halides is 3. The van der Waals surface area contributed by atoms with E-state index in [0.717, 1.165) is 12.1 Å². The summed E-state index contributed by atoms with van der Waals surface area (Å²) in [5, 5.41) is 9.20. The highest BCUT2D eigenvalue weighted by atomic mass is 19.4. The maximum absolute atomic E-state index is 14.2. The van der Waals surface area contributed by atoms with E-state index in [1.165, 1.54) is 27.9 Å². The minimum atomic E-state index is -4.82. The highest BCUT2D eigenvalue weighted by molar-refractivity contribution is 5.91. The third-order valence-corrected chi connectivity index (χ3v) is 4.90. The SMILES string of the molecule is COc1cc(F)c(OC2CCC(C(=O)OC(C)(C)C)(C(F)(F)F)CC2)cc1C(=O)O. The van der Waals surface area contributed by atoms with Gasteiger partial charge in [-0.15, -0.1) is 0 Å². The lowest BCUT2D eigenvalue weighted by molar-refractivity contribution is -0.250. The first-order valence-corrected chi connectivity index (χ1v) is 9.28. The Hall–Kier alpha value is -2.52. The monoisotopic (exact) mass is 436 g/mol. The predicted octanol–water partition coefficient (Wildman–Crippen LogP) is 4.74. The van der Waals surface area contributed by atoms with Crippen LogP contribution in [0.1, 0.15) is 56.8 Å². The fraction of sp³-hybridized carbons (Fsp3) is 0.600. The molecule has 0 bridgehead atoms. The van der Waals surface area contributed by atoms with Crippen molar-refractivity contribution in [2.75, 3.05) is 7.11 Å². The van der Waals surface area contributed by atoms with Crippen molar-refractivity contribution in [2.24, 2.45) is 5.41 Å². The van der Waals surface area contributed by atoms with Gasteiger partial charge in [-0.1, -0.05) is 0 Å². The molecule has 0 aliphatic heterocycles. The summed E-state index contributed by atoms with van der Waals surface area (Å²) in [6.45, 7) is 4.45. The van der Waals surface area contributed by atoms with E-state index in [9.17, 15) is 32.3 Å². The van der Waals surface area contributed by atoms with Crippen molar-refractivity contribution in [1.82, 2.24) is 0 Å². The van der Waals surface area contributed by atoms with E-state index >= 15 is 0 Å². The smallest absolute Gasteiger partial charge is 0.404 e. The Morgan fingerprint density at radius 1 is 1.10 bits per heavy atom. The van der Waals surface area contributed by atoms with Crippen molar-refractivity contribution in [3.63, 3.8) is 0 Å². The summed E-state index contributed by atoms with van der Waals surface area (Å²) in [5.41, 5.74) is -4.09. The first-order chi connectivity index (χ1) is 13.7. The third kappa shape index (κ3) is 4.96. The summed E-state index contributed by atoms with van der Waals surface area (Å²) in [7, 11) is 1.18. The summed E-state index contributed by atoms with van der Waals surface area (Å²) in [6, 6.07) is 1.76. The van der Waals surface area contributed by atoms with Crippen LogP contribution in [-0.4, -0.2) is 42.0 Å². The molecule has 0 saturated heterocycles. The standard InChI is InChI=1S/C20H24F4O6/c1-18(2,3)30-17(27)19(20(22,23)24)7-5-11(6-8-19)29-15-9-12(16(25)26)14(28-4)10-13(15)21/h9-11H,5-8H2,1-4H3,(H,25,26). The van der Waals surface area contributed by atoms with Gasteiger partial charge >= 0.3 is 18.1 Å². The average Bonchev–Trinajstić information content (AvgIpc) is 2.61. The van der Waals surface area contributed by atoms with Gasteiger partial charge in [0.1, 0.15) is 16.9 Å². The number of halogens is 4. The third-order valence-electron chi connectivity index (χ3n) is 4.90. The van der Waals surface area contributed by atoms with E-state index in [-0.39, 0.29) is 24.2 Å². The lowest BCUT2D eigenvalue weighted by Crippen LogP contribution is -2.51. The average molecular weight is 436 g/mol. The molecule has 0 heterocycles.